The van der Waals surface area contributed by atoms with E-state index < -0.39 is 0 Å². The molecule has 0 saturated heterocycles. The monoisotopic (exact) mass is 522 g/mol. The summed E-state index contributed by atoms with van der Waals surface area (Å²) in [6.45, 7) is 0.767. The molecule has 1 aromatic carbocycles. The van der Waals surface area contributed by atoms with Crippen molar-refractivity contribution in [3.63, 3.8) is 0 Å². The molecule has 0 spiro atoms. The van der Waals surface area contributed by atoms with Gasteiger partial charge in [0.05, 0.1) is 18.5 Å². The van der Waals surface area contributed by atoms with E-state index in [-0.39, 0.29) is 0 Å². The fourth-order valence-corrected chi connectivity index (χ4v) is 4.64. The van der Waals surface area contributed by atoms with Gasteiger partial charge in [0.15, 0.2) is 11.0 Å². The van der Waals surface area contributed by atoms with Gasteiger partial charge in [-0.2, -0.15) is 0 Å². The summed E-state index contributed by atoms with van der Waals surface area (Å²) in [5.41, 5.74) is 9.15. The number of aryl methyl sites for hydroxylation is 2. The van der Waals surface area contributed by atoms with Crippen LogP contribution in [0.1, 0.15) is 29.8 Å². The zero-order chi connectivity index (χ0) is 22.6. The highest BCUT2D eigenvalue weighted by atomic mass is 79.9. The smallest absolute Gasteiger partial charge is 0.180 e. The standard InChI is InChI=1S/C24H23BrN6OS/c25-20-7-6-17(32-14-15-4-5-15)11-19(20)21-10-16(2-1-3-18-12-29-24(26)33-18)30-23(31-21)22-13-27-8-9-28-22/h6-13,15H,1-5,14H2,(H2,26,29). The summed E-state index contributed by atoms with van der Waals surface area (Å²) in [6, 6.07) is 8.09. The van der Waals surface area contributed by atoms with Crippen molar-refractivity contribution in [2.75, 3.05) is 12.3 Å². The first kappa shape index (κ1) is 21.9. The molecule has 7 nitrogen and oxygen atoms in total. The van der Waals surface area contributed by atoms with Gasteiger partial charge in [-0.1, -0.05) is 15.9 Å². The Morgan fingerprint density at radius 1 is 1.03 bits per heavy atom. The van der Waals surface area contributed by atoms with E-state index in [1.54, 1.807) is 18.6 Å². The van der Waals surface area contributed by atoms with Gasteiger partial charge >= 0.3 is 0 Å². The molecule has 4 aromatic rings. The van der Waals surface area contributed by atoms with Gasteiger partial charge in [-0.25, -0.2) is 19.9 Å². The van der Waals surface area contributed by atoms with E-state index in [0.29, 0.717) is 22.6 Å². The molecule has 3 heterocycles. The summed E-state index contributed by atoms with van der Waals surface area (Å²) in [7, 11) is 0. The zero-order valence-electron chi connectivity index (χ0n) is 17.9. The number of ether oxygens (including phenoxy) is 1. The Labute approximate surface area is 204 Å². The summed E-state index contributed by atoms with van der Waals surface area (Å²) in [5, 5.41) is 0.605. The highest BCUT2D eigenvalue weighted by Gasteiger charge is 2.22. The Bertz CT molecular complexity index is 1240. The average molecular weight is 523 g/mol. The van der Waals surface area contributed by atoms with Crippen LogP contribution in [0.5, 0.6) is 5.75 Å². The molecule has 0 unspecified atom stereocenters. The van der Waals surface area contributed by atoms with Crippen LogP contribution in [-0.2, 0) is 12.8 Å². The van der Waals surface area contributed by atoms with Crippen LogP contribution in [-0.4, -0.2) is 31.5 Å². The molecule has 3 aromatic heterocycles. The Morgan fingerprint density at radius 3 is 2.70 bits per heavy atom. The Balaban J connectivity index is 1.44. The Kier molecular flexibility index (Phi) is 6.59. The Hall–Kier alpha value is -2.91. The molecule has 2 N–H and O–H groups in total. The number of thiazole rings is 1. The van der Waals surface area contributed by atoms with E-state index in [2.05, 4.69) is 30.9 Å². The van der Waals surface area contributed by atoms with Crippen molar-refractivity contribution in [2.45, 2.75) is 32.1 Å². The van der Waals surface area contributed by atoms with Crippen LogP contribution in [0.15, 0.2) is 53.5 Å². The third-order valence-corrected chi connectivity index (χ3v) is 6.97. The summed E-state index contributed by atoms with van der Waals surface area (Å²) in [4.78, 5) is 23.5. The average Bonchev–Trinajstić information content (AvgIpc) is 3.58. The number of anilines is 1. The molecule has 1 aliphatic carbocycles. The third kappa shape index (κ3) is 5.72. The highest BCUT2D eigenvalue weighted by molar-refractivity contribution is 9.10. The van der Waals surface area contributed by atoms with Gasteiger partial charge in [0.1, 0.15) is 11.4 Å². The Morgan fingerprint density at radius 2 is 1.94 bits per heavy atom. The third-order valence-electron chi connectivity index (χ3n) is 5.40. The second-order valence-corrected chi connectivity index (χ2v) is 10.1. The van der Waals surface area contributed by atoms with Gasteiger partial charge in [-0.05, 0) is 62.3 Å². The molecule has 168 valence electrons. The quantitative estimate of drug-likeness (QED) is 0.315. The van der Waals surface area contributed by atoms with Crippen molar-refractivity contribution in [3.05, 3.63) is 64.1 Å². The van der Waals surface area contributed by atoms with Crippen LogP contribution in [0.3, 0.4) is 0 Å². The fourth-order valence-electron chi connectivity index (χ4n) is 3.46. The maximum atomic E-state index is 6.01. The number of nitrogens with zero attached hydrogens (tertiary/aromatic N) is 5. The van der Waals surface area contributed by atoms with Gasteiger partial charge in [0.25, 0.3) is 0 Å². The molecule has 0 bridgehead atoms. The summed E-state index contributed by atoms with van der Waals surface area (Å²) < 4.78 is 6.96. The van der Waals surface area contributed by atoms with Crippen LogP contribution in [0, 0.1) is 5.92 Å². The van der Waals surface area contributed by atoms with E-state index in [1.807, 2.05) is 30.5 Å². The van der Waals surface area contributed by atoms with E-state index in [1.165, 1.54) is 29.1 Å². The molecule has 1 aliphatic rings. The zero-order valence-corrected chi connectivity index (χ0v) is 20.3. The SMILES string of the molecule is Nc1ncc(CCCc2cc(-c3cc(OCC4CC4)ccc3Br)nc(-c3cnccn3)n2)s1. The van der Waals surface area contributed by atoms with Crippen LogP contribution in [0.25, 0.3) is 22.8 Å². The second-order valence-electron chi connectivity index (χ2n) is 8.07. The lowest BCUT2D eigenvalue weighted by Gasteiger charge is -2.12. The lowest BCUT2D eigenvalue weighted by atomic mass is 10.1. The normalized spacial score (nSPS) is 13.2. The highest BCUT2D eigenvalue weighted by Crippen LogP contribution is 2.34. The minimum atomic E-state index is 0.564. The topological polar surface area (TPSA) is 99.7 Å². The second kappa shape index (κ2) is 9.93. The number of hydrogen-bond acceptors (Lipinski definition) is 8. The van der Waals surface area contributed by atoms with Gasteiger partial charge in [0.2, 0.25) is 0 Å². The van der Waals surface area contributed by atoms with Crippen LogP contribution >= 0.6 is 27.3 Å². The van der Waals surface area contributed by atoms with Crippen molar-refractivity contribution < 1.29 is 4.74 Å². The van der Waals surface area contributed by atoms with E-state index in [0.717, 1.165) is 53.0 Å². The molecule has 0 atom stereocenters. The number of nitrogens with two attached hydrogens (primary N) is 1. The molecule has 9 heteroatoms. The fraction of sp³-hybridized carbons (Fsp3) is 0.292. The number of aromatic nitrogens is 5. The van der Waals surface area contributed by atoms with Gasteiger partial charge < -0.3 is 10.5 Å². The summed E-state index contributed by atoms with van der Waals surface area (Å²) in [5.74, 6) is 2.11. The van der Waals surface area contributed by atoms with Gasteiger partial charge in [-0.3, -0.25) is 4.98 Å². The predicted octanol–water partition coefficient (Wildman–Crippen LogP) is 5.37. The molecule has 5 rings (SSSR count). The minimum absolute atomic E-state index is 0.564. The van der Waals surface area contributed by atoms with Crippen molar-refractivity contribution in [3.8, 4) is 28.5 Å². The minimum Gasteiger partial charge on any atom is -0.493 e. The molecule has 0 amide bonds. The van der Waals surface area contributed by atoms with Gasteiger partial charge in [-0.15, -0.1) is 11.3 Å². The van der Waals surface area contributed by atoms with E-state index in [9.17, 15) is 0 Å². The van der Waals surface area contributed by atoms with Crippen molar-refractivity contribution in [2.24, 2.45) is 5.92 Å². The number of benzene rings is 1. The van der Waals surface area contributed by atoms with E-state index >= 15 is 0 Å². The first-order valence-electron chi connectivity index (χ1n) is 10.9. The largest absolute Gasteiger partial charge is 0.493 e. The van der Waals surface area contributed by atoms with Crippen LogP contribution in [0.4, 0.5) is 5.13 Å². The van der Waals surface area contributed by atoms with Crippen LogP contribution < -0.4 is 10.5 Å². The van der Waals surface area contributed by atoms with Crippen molar-refractivity contribution in [1.29, 1.82) is 0 Å². The molecule has 33 heavy (non-hydrogen) atoms. The molecule has 0 radical (unpaired) electrons. The molecular formula is C24H23BrN6OS. The molecular weight excluding hydrogens is 500 g/mol. The first-order valence-corrected chi connectivity index (χ1v) is 12.5. The van der Waals surface area contributed by atoms with Crippen molar-refractivity contribution in [1.82, 2.24) is 24.9 Å². The lowest BCUT2D eigenvalue weighted by molar-refractivity contribution is 0.300. The number of rotatable bonds is 9. The number of hydrogen-bond donors (Lipinski definition) is 1. The first-order chi connectivity index (χ1) is 16.1. The molecule has 1 saturated carbocycles. The van der Waals surface area contributed by atoms with Gasteiger partial charge in [0, 0.05) is 39.2 Å². The van der Waals surface area contributed by atoms with E-state index in [4.69, 9.17) is 20.4 Å². The van der Waals surface area contributed by atoms with Crippen LogP contribution in [0.2, 0.25) is 0 Å². The predicted molar refractivity (Wildman–Crippen MR) is 133 cm³/mol. The summed E-state index contributed by atoms with van der Waals surface area (Å²) >= 11 is 5.22. The number of nitrogen functional groups attached to an aromatic ring is 1. The maximum Gasteiger partial charge on any atom is 0.180 e. The maximum absolute atomic E-state index is 6.01. The number of halogens is 1. The summed E-state index contributed by atoms with van der Waals surface area (Å²) in [6.07, 6.45) is 12.0. The molecule has 1 fully saturated rings. The molecule has 0 aliphatic heterocycles. The van der Waals surface area contributed by atoms with Crippen molar-refractivity contribution >= 4 is 32.4 Å². The lowest BCUT2D eigenvalue weighted by Crippen LogP contribution is -2.02.